The average molecular weight is 764 g/mol. The fourth-order valence-corrected chi connectivity index (χ4v) is 11.1. The van der Waals surface area contributed by atoms with Crippen molar-refractivity contribution in [3.8, 4) is 0 Å². The van der Waals surface area contributed by atoms with Crippen molar-refractivity contribution in [2.45, 2.75) is 0 Å². The number of furan rings is 2. The van der Waals surface area contributed by atoms with Crippen LogP contribution in [0.2, 0.25) is 0 Å². The lowest BCUT2D eigenvalue weighted by atomic mass is 9.33. The molecule has 60 heavy (non-hydrogen) atoms. The van der Waals surface area contributed by atoms with Gasteiger partial charge in [-0.3, -0.25) is 0 Å². The molecule has 6 heterocycles. The van der Waals surface area contributed by atoms with E-state index in [1.807, 2.05) is 12.1 Å². The second-order valence-electron chi connectivity index (χ2n) is 16.4. The molecule has 4 aromatic heterocycles. The molecule has 9 aromatic carbocycles. The number of nitrogens with zero attached hydrogens (tertiary/aromatic N) is 3. The van der Waals surface area contributed by atoms with Crippen molar-refractivity contribution in [3.63, 3.8) is 0 Å². The summed E-state index contributed by atoms with van der Waals surface area (Å²) < 4.78 is 15.2. The molecule has 0 saturated heterocycles. The zero-order chi connectivity index (χ0) is 38.8. The molecule has 2 aliphatic heterocycles. The zero-order valence-electron chi connectivity index (χ0n) is 32.1. The van der Waals surface area contributed by atoms with Crippen molar-refractivity contribution in [1.82, 2.24) is 4.40 Å². The molecule has 0 spiro atoms. The summed E-state index contributed by atoms with van der Waals surface area (Å²) in [6.07, 6.45) is 0. The van der Waals surface area contributed by atoms with Crippen molar-refractivity contribution in [3.05, 3.63) is 182 Å². The highest BCUT2D eigenvalue weighted by Gasteiger charge is 2.43. The fourth-order valence-electron chi connectivity index (χ4n) is 11.1. The standard InChI is InChI=1S/C54H30BN3O2/c1-5-17-43-33(11-1)36-14-9-15-37-38-29-42-48(30-47(38)58(43)54(36)37)57(32-24-26-52-40(28-32)35-13-3-8-22-50(35)60-52)46-20-10-19-45-53(46)55(42)41-16-4-6-18-44(41)56(45)31-23-25-51-39(27-31)34-12-2-7-21-49(34)59-51/h1-30H. The smallest absolute Gasteiger partial charge is 0.252 e. The highest BCUT2D eigenvalue weighted by Crippen LogP contribution is 2.48. The monoisotopic (exact) mass is 763 g/mol. The Morgan fingerprint density at radius 2 is 0.867 bits per heavy atom. The number of anilines is 6. The Labute approximate surface area is 342 Å². The van der Waals surface area contributed by atoms with E-state index in [-0.39, 0.29) is 6.71 Å². The van der Waals surface area contributed by atoms with Gasteiger partial charge >= 0.3 is 0 Å². The molecule has 0 radical (unpaired) electrons. The van der Waals surface area contributed by atoms with E-state index in [0.29, 0.717) is 0 Å². The minimum Gasteiger partial charge on any atom is -0.456 e. The first kappa shape index (κ1) is 31.1. The second kappa shape index (κ2) is 11.0. The number of hydrogen-bond acceptors (Lipinski definition) is 4. The normalized spacial score (nSPS) is 13.6. The molecule has 6 heteroatoms. The van der Waals surface area contributed by atoms with Crippen molar-refractivity contribution in [2.75, 3.05) is 9.80 Å². The van der Waals surface area contributed by atoms with Crippen LogP contribution >= 0.6 is 0 Å². The van der Waals surface area contributed by atoms with Gasteiger partial charge in [0.2, 0.25) is 0 Å². The van der Waals surface area contributed by atoms with Gasteiger partial charge in [-0.2, -0.15) is 0 Å². The first-order valence-electron chi connectivity index (χ1n) is 20.6. The third kappa shape index (κ3) is 3.80. The van der Waals surface area contributed by atoms with Crippen molar-refractivity contribution < 1.29 is 8.83 Å². The van der Waals surface area contributed by atoms with E-state index in [0.717, 1.165) is 55.3 Å². The van der Waals surface area contributed by atoms with E-state index < -0.39 is 0 Å². The summed E-state index contributed by atoms with van der Waals surface area (Å²) in [5.41, 5.74) is 18.1. The van der Waals surface area contributed by atoms with E-state index in [1.54, 1.807) is 0 Å². The van der Waals surface area contributed by atoms with Gasteiger partial charge in [0.25, 0.3) is 6.71 Å². The van der Waals surface area contributed by atoms with Gasteiger partial charge in [-0.25, -0.2) is 0 Å². The SMILES string of the molecule is c1ccc2c(c1)B1c3cc4c5cccc6c7ccccc7n(c4cc3N(c3ccc4oc7ccccc7c4c3)c3cccc(c31)N2c1ccc2oc3ccccc3c2c1)c65. The lowest BCUT2D eigenvalue weighted by molar-refractivity contribution is 0.668. The summed E-state index contributed by atoms with van der Waals surface area (Å²) in [5.74, 6) is 0. The largest absolute Gasteiger partial charge is 0.456 e. The van der Waals surface area contributed by atoms with Crippen LogP contribution in [0.15, 0.2) is 191 Å². The summed E-state index contributed by atoms with van der Waals surface area (Å²) in [6, 6.07) is 66.5. The van der Waals surface area contributed by atoms with E-state index in [1.165, 1.54) is 77.2 Å². The number of hydrogen-bond donors (Lipinski definition) is 0. The molecule has 276 valence electrons. The van der Waals surface area contributed by atoms with Gasteiger partial charge in [-0.15, -0.1) is 0 Å². The highest BCUT2D eigenvalue weighted by atomic mass is 16.3. The summed E-state index contributed by atoms with van der Waals surface area (Å²) in [5, 5.41) is 9.59. The Hall–Kier alpha value is -7.96. The van der Waals surface area contributed by atoms with Gasteiger partial charge in [-0.1, -0.05) is 103 Å². The van der Waals surface area contributed by atoms with Crippen molar-refractivity contribution >= 4 is 139 Å². The van der Waals surface area contributed by atoms with E-state index >= 15 is 0 Å². The van der Waals surface area contributed by atoms with Crippen LogP contribution < -0.4 is 26.2 Å². The van der Waals surface area contributed by atoms with Gasteiger partial charge in [0.1, 0.15) is 22.3 Å². The first-order chi connectivity index (χ1) is 29.8. The molecule has 0 aliphatic carbocycles. The maximum absolute atomic E-state index is 6.38. The van der Waals surface area contributed by atoms with Gasteiger partial charge in [0.15, 0.2) is 0 Å². The van der Waals surface area contributed by atoms with Crippen LogP contribution in [0.4, 0.5) is 34.1 Å². The molecule has 0 bridgehead atoms. The molecule has 13 aromatic rings. The molecule has 0 saturated carbocycles. The number of benzene rings is 9. The second-order valence-corrected chi connectivity index (χ2v) is 16.4. The van der Waals surface area contributed by atoms with E-state index in [4.69, 9.17) is 8.83 Å². The fraction of sp³-hybridized carbons (Fsp3) is 0. The minimum absolute atomic E-state index is 0.00641. The van der Waals surface area contributed by atoms with Crippen LogP contribution in [-0.2, 0) is 0 Å². The van der Waals surface area contributed by atoms with E-state index in [2.05, 4.69) is 184 Å². The van der Waals surface area contributed by atoms with Crippen LogP contribution in [0.25, 0.3) is 82.0 Å². The zero-order valence-corrected chi connectivity index (χ0v) is 32.1. The quantitative estimate of drug-likeness (QED) is 0.164. The van der Waals surface area contributed by atoms with Crippen LogP contribution in [0.1, 0.15) is 0 Å². The van der Waals surface area contributed by atoms with Crippen molar-refractivity contribution in [1.29, 1.82) is 0 Å². The Balaban J connectivity index is 1.06. The van der Waals surface area contributed by atoms with Crippen molar-refractivity contribution in [2.24, 2.45) is 0 Å². The number of fused-ring (bicyclic) bond motifs is 16. The first-order valence-corrected chi connectivity index (χ1v) is 20.6. The maximum atomic E-state index is 6.38. The Morgan fingerprint density at radius 1 is 0.333 bits per heavy atom. The lowest BCUT2D eigenvalue weighted by Crippen LogP contribution is -2.61. The van der Waals surface area contributed by atoms with Crippen LogP contribution in [0.3, 0.4) is 0 Å². The Morgan fingerprint density at radius 3 is 1.58 bits per heavy atom. The summed E-state index contributed by atoms with van der Waals surface area (Å²) in [6.45, 7) is -0.00641. The number of para-hydroxylation sites is 5. The van der Waals surface area contributed by atoms with Crippen LogP contribution in [0.5, 0.6) is 0 Å². The molecule has 0 amide bonds. The third-order valence-electron chi connectivity index (χ3n) is 13.5. The highest BCUT2D eigenvalue weighted by molar-refractivity contribution is 7.00. The lowest BCUT2D eigenvalue weighted by Gasteiger charge is -2.44. The predicted molar refractivity (Wildman–Crippen MR) is 250 cm³/mol. The topological polar surface area (TPSA) is 37.2 Å². The molecule has 5 nitrogen and oxygen atoms in total. The molecule has 0 unspecified atom stereocenters. The Kier molecular flexibility index (Phi) is 5.67. The molecule has 0 N–H and O–H groups in total. The molecule has 2 aliphatic rings. The third-order valence-corrected chi connectivity index (χ3v) is 13.5. The molecular formula is C54H30BN3O2. The average Bonchev–Trinajstić information content (AvgIpc) is 4.05. The summed E-state index contributed by atoms with van der Waals surface area (Å²) in [7, 11) is 0. The summed E-state index contributed by atoms with van der Waals surface area (Å²) >= 11 is 0. The maximum Gasteiger partial charge on any atom is 0.252 e. The Bertz CT molecular complexity index is 4000. The molecule has 0 atom stereocenters. The van der Waals surface area contributed by atoms with Gasteiger partial charge in [0.05, 0.1) is 16.6 Å². The van der Waals surface area contributed by atoms with Gasteiger partial charge in [-0.05, 0) is 95.3 Å². The summed E-state index contributed by atoms with van der Waals surface area (Å²) in [4.78, 5) is 4.98. The number of rotatable bonds is 2. The van der Waals surface area contributed by atoms with Gasteiger partial charge < -0.3 is 23.0 Å². The minimum atomic E-state index is -0.00641. The molecular weight excluding hydrogens is 733 g/mol. The molecule has 15 rings (SSSR count). The predicted octanol–water partition coefficient (Wildman–Crippen LogP) is 12.7. The molecule has 0 fully saturated rings. The number of aromatic nitrogens is 1. The van der Waals surface area contributed by atoms with E-state index in [9.17, 15) is 0 Å². The van der Waals surface area contributed by atoms with Crippen LogP contribution in [0, 0.1) is 0 Å². The van der Waals surface area contributed by atoms with Crippen LogP contribution in [-0.4, -0.2) is 11.1 Å². The van der Waals surface area contributed by atoms with Gasteiger partial charge in [0, 0.05) is 77.2 Å².